The molecular weight excluding hydrogens is 453 g/mol. The molecule has 0 atom stereocenters. The van der Waals surface area contributed by atoms with E-state index in [1.165, 1.54) is 10.4 Å². The number of rotatable bonds is 7. The third kappa shape index (κ3) is 5.36. The normalized spacial score (nSPS) is 15.2. The number of nitriles is 1. The largest absolute Gasteiger partial charge is 0.334 e. The van der Waals surface area contributed by atoms with Crippen LogP contribution in [0, 0.1) is 23.1 Å². The van der Waals surface area contributed by atoms with Gasteiger partial charge in [-0.25, -0.2) is 12.8 Å². The van der Waals surface area contributed by atoms with Crippen LogP contribution in [0.4, 0.5) is 4.39 Å². The average molecular weight is 476 g/mol. The summed E-state index contributed by atoms with van der Waals surface area (Å²) in [6.07, 6.45) is 2.42. The van der Waals surface area contributed by atoms with Gasteiger partial charge in [-0.3, -0.25) is 4.79 Å². The van der Waals surface area contributed by atoms with Crippen LogP contribution in [0.15, 0.2) is 60.0 Å². The van der Waals surface area contributed by atoms with E-state index in [-0.39, 0.29) is 34.8 Å². The van der Waals surface area contributed by atoms with Gasteiger partial charge in [-0.1, -0.05) is 29.8 Å². The molecule has 0 bridgehead atoms. The van der Waals surface area contributed by atoms with E-state index in [4.69, 9.17) is 16.9 Å². The van der Waals surface area contributed by atoms with E-state index in [1.807, 2.05) is 12.1 Å². The van der Waals surface area contributed by atoms with Gasteiger partial charge in [-0.15, -0.1) is 6.58 Å². The van der Waals surface area contributed by atoms with Crippen LogP contribution in [0.25, 0.3) is 0 Å². The van der Waals surface area contributed by atoms with Crippen LogP contribution in [0.1, 0.15) is 24.0 Å². The first-order valence-corrected chi connectivity index (χ1v) is 11.9. The van der Waals surface area contributed by atoms with Crippen LogP contribution >= 0.6 is 11.6 Å². The lowest BCUT2D eigenvalue weighted by Gasteiger charge is -2.33. The number of hydrogen-bond donors (Lipinski definition) is 0. The summed E-state index contributed by atoms with van der Waals surface area (Å²) in [5.74, 6) is -1.05. The van der Waals surface area contributed by atoms with Crippen LogP contribution in [0.5, 0.6) is 0 Å². The second-order valence-electron chi connectivity index (χ2n) is 7.57. The zero-order valence-electron chi connectivity index (χ0n) is 17.4. The van der Waals surface area contributed by atoms with Gasteiger partial charge in [-0.05, 0) is 48.7 Å². The Hall–Kier alpha value is -2.73. The molecule has 1 fully saturated rings. The van der Waals surface area contributed by atoms with Gasteiger partial charge in [-0.2, -0.15) is 9.57 Å². The SMILES string of the molecule is C=CCN(Cc1ccc(C#N)cc1)C(=O)C1CCN(S(=O)(=O)c2ccc(F)c(Cl)c2)CC1. The molecule has 0 aliphatic carbocycles. The molecule has 3 rings (SSSR count). The monoisotopic (exact) mass is 475 g/mol. The molecule has 0 saturated carbocycles. The van der Waals surface area contributed by atoms with Gasteiger partial charge >= 0.3 is 0 Å². The second-order valence-corrected chi connectivity index (χ2v) is 9.92. The Labute approximate surface area is 192 Å². The number of piperidine rings is 1. The van der Waals surface area contributed by atoms with Crippen molar-refractivity contribution < 1.29 is 17.6 Å². The van der Waals surface area contributed by atoms with E-state index >= 15 is 0 Å². The number of halogens is 2. The van der Waals surface area contributed by atoms with Crippen LogP contribution in [-0.2, 0) is 21.4 Å². The van der Waals surface area contributed by atoms with E-state index in [0.29, 0.717) is 31.5 Å². The fourth-order valence-electron chi connectivity index (χ4n) is 3.68. The highest BCUT2D eigenvalue weighted by atomic mass is 35.5. The van der Waals surface area contributed by atoms with E-state index in [2.05, 4.69) is 12.6 Å². The molecule has 32 heavy (non-hydrogen) atoms. The highest BCUT2D eigenvalue weighted by Crippen LogP contribution is 2.27. The van der Waals surface area contributed by atoms with Crippen LogP contribution < -0.4 is 0 Å². The van der Waals surface area contributed by atoms with Crippen molar-refractivity contribution in [3.63, 3.8) is 0 Å². The first-order chi connectivity index (χ1) is 15.3. The number of carbonyl (C=O) groups excluding carboxylic acids is 1. The maximum absolute atomic E-state index is 13.4. The minimum absolute atomic E-state index is 0.0591. The molecule has 0 radical (unpaired) electrons. The van der Waals surface area contributed by atoms with Gasteiger partial charge in [0, 0.05) is 32.1 Å². The highest BCUT2D eigenvalue weighted by Gasteiger charge is 2.34. The van der Waals surface area contributed by atoms with E-state index in [1.54, 1.807) is 23.1 Å². The van der Waals surface area contributed by atoms with Crippen molar-refractivity contribution in [2.75, 3.05) is 19.6 Å². The molecule has 2 aromatic rings. The number of benzene rings is 2. The zero-order chi connectivity index (χ0) is 23.3. The van der Waals surface area contributed by atoms with Crippen LogP contribution in [0.2, 0.25) is 5.02 Å². The molecule has 9 heteroatoms. The Morgan fingerprint density at radius 1 is 1.25 bits per heavy atom. The average Bonchev–Trinajstić information content (AvgIpc) is 2.80. The topological polar surface area (TPSA) is 81.5 Å². The Morgan fingerprint density at radius 3 is 2.47 bits per heavy atom. The van der Waals surface area contributed by atoms with Crippen molar-refractivity contribution in [1.29, 1.82) is 5.26 Å². The first-order valence-electron chi connectivity index (χ1n) is 10.1. The minimum atomic E-state index is -3.82. The van der Waals surface area contributed by atoms with Crippen molar-refractivity contribution in [3.8, 4) is 6.07 Å². The fourth-order valence-corrected chi connectivity index (χ4v) is 5.42. The molecule has 0 N–H and O–H groups in total. The second kappa shape index (κ2) is 10.3. The van der Waals surface area contributed by atoms with Gasteiger partial charge in [0.1, 0.15) is 5.82 Å². The molecule has 0 unspecified atom stereocenters. The summed E-state index contributed by atoms with van der Waals surface area (Å²) in [5, 5.41) is 8.68. The standard InChI is InChI=1S/C23H23ClFN3O3S/c1-2-11-27(16-18-5-3-17(15-26)4-6-18)23(29)19-9-12-28(13-10-19)32(30,31)20-7-8-22(25)21(24)14-20/h2-8,14,19H,1,9-13,16H2. The van der Waals surface area contributed by atoms with Crippen LogP contribution in [-0.4, -0.2) is 43.2 Å². The van der Waals surface area contributed by atoms with E-state index in [0.717, 1.165) is 17.7 Å². The summed E-state index contributed by atoms with van der Waals surface area (Å²) in [6, 6.07) is 12.4. The van der Waals surface area contributed by atoms with Crippen molar-refractivity contribution in [2.45, 2.75) is 24.3 Å². The highest BCUT2D eigenvalue weighted by molar-refractivity contribution is 7.89. The van der Waals surface area contributed by atoms with Crippen molar-refractivity contribution in [3.05, 3.63) is 77.1 Å². The minimum Gasteiger partial charge on any atom is -0.334 e. The molecule has 1 saturated heterocycles. The molecule has 168 valence electrons. The maximum atomic E-state index is 13.4. The van der Waals surface area contributed by atoms with E-state index in [9.17, 15) is 17.6 Å². The third-order valence-electron chi connectivity index (χ3n) is 5.45. The summed E-state index contributed by atoms with van der Waals surface area (Å²) in [5.41, 5.74) is 1.44. The molecule has 1 heterocycles. The Morgan fingerprint density at radius 2 is 1.91 bits per heavy atom. The summed E-state index contributed by atoms with van der Waals surface area (Å²) in [7, 11) is -3.82. The Bertz CT molecular complexity index is 1140. The lowest BCUT2D eigenvalue weighted by atomic mass is 9.96. The number of amides is 1. The first kappa shape index (κ1) is 23.9. The number of sulfonamides is 1. The summed E-state index contributed by atoms with van der Waals surface area (Å²) < 4.78 is 40.4. The Balaban J connectivity index is 1.66. The van der Waals surface area contributed by atoms with E-state index < -0.39 is 15.8 Å². The third-order valence-corrected chi connectivity index (χ3v) is 7.63. The maximum Gasteiger partial charge on any atom is 0.243 e. The molecule has 0 aromatic heterocycles. The lowest BCUT2D eigenvalue weighted by molar-refractivity contribution is -0.136. The smallest absolute Gasteiger partial charge is 0.243 e. The number of nitrogens with zero attached hydrogens (tertiary/aromatic N) is 3. The summed E-state index contributed by atoms with van der Waals surface area (Å²) in [4.78, 5) is 14.7. The number of hydrogen-bond acceptors (Lipinski definition) is 4. The zero-order valence-corrected chi connectivity index (χ0v) is 18.9. The predicted molar refractivity (Wildman–Crippen MR) is 120 cm³/mol. The van der Waals surface area contributed by atoms with Crippen molar-refractivity contribution >= 4 is 27.5 Å². The Kier molecular flexibility index (Phi) is 7.67. The molecule has 1 aliphatic rings. The van der Waals surface area contributed by atoms with Crippen LogP contribution in [0.3, 0.4) is 0 Å². The molecular formula is C23H23ClFN3O3S. The summed E-state index contributed by atoms with van der Waals surface area (Å²) in [6.45, 7) is 4.84. The predicted octanol–water partition coefficient (Wildman–Crippen LogP) is 3.97. The molecule has 2 aromatic carbocycles. The molecule has 6 nitrogen and oxygen atoms in total. The van der Waals surface area contributed by atoms with Crippen molar-refractivity contribution in [2.24, 2.45) is 5.92 Å². The van der Waals surface area contributed by atoms with Gasteiger partial charge in [0.25, 0.3) is 0 Å². The quantitative estimate of drug-likeness (QED) is 0.567. The lowest BCUT2D eigenvalue weighted by Crippen LogP contribution is -2.44. The molecule has 1 amide bonds. The fraction of sp³-hybridized carbons (Fsp3) is 0.304. The van der Waals surface area contributed by atoms with Crippen molar-refractivity contribution in [1.82, 2.24) is 9.21 Å². The van der Waals surface area contributed by atoms with Gasteiger partial charge in [0.2, 0.25) is 15.9 Å². The molecule has 0 spiro atoms. The molecule has 1 aliphatic heterocycles. The van der Waals surface area contributed by atoms with Gasteiger partial charge in [0.15, 0.2) is 0 Å². The van der Waals surface area contributed by atoms with Gasteiger partial charge < -0.3 is 4.90 Å². The van der Waals surface area contributed by atoms with Gasteiger partial charge in [0.05, 0.1) is 21.6 Å². The number of carbonyl (C=O) groups is 1. The summed E-state index contributed by atoms with van der Waals surface area (Å²) >= 11 is 5.74.